The van der Waals surface area contributed by atoms with Crippen LogP contribution in [0.1, 0.15) is 63.4 Å². The second kappa shape index (κ2) is 6.90. The summed E-state index contributed by atoms with van der Waals surface area (Å²) < 4.78 is 0. The van der Waals surface area contributed by atoms with E-state index in [1.807, 2.05) is 0 Å². The van der Waals surface area contributed by atoms with Crippen LogP contribution in [0, 0.1) is 29.6 Å². The van der Waals surface area contributed by atoms with Crippen LogP contribution in [0.2, 0.25) is 0 Å². The molecule has 3 aliphatic carbocycles. The molecule has 0 saturated heterocycles. The van der Waals surface area contributed by atoms with Crippen molar-refractivity contribution >= 4 is 21.5 Å². The first-order chi connectivity index (χ1) is 13.9. The predicted octanol–water partition coefficient (Wildman–Crippen LogP) is 7.93. The largest absolute Gasteiger partial charge is 0.0616 e. The maximum absolute atomic E-state index is 2.46. The molecule has 4 atom stereocenters. The molecule has 143 valence electrons. The van der Waals surface area contributed by atoms with E-state index in [2.05, 4.69) is 54.6 Å². The van der Waals surface area contributed by atoms with Crippen molar-refractivity contribution in [1.29, 1.82) is 0 Å². The Labute approximate surface area is 169 Å². The summed E-state index contributed by atoms with van der Waals surface area (Å²) in [4.78, 5) is 0. The van der Waals surface area contributed by atoms with E-state index >= 15 is 0 Å². The summed E-state index contributed by atoms with van der Waals surface area (Å²) in [6, 6.07) is 20.7. The quantitative estimate of drug-likeness (QED) is 0.383. The lowest BCUT2D eigenvalue weighted by Crippen LogP contribution is -2.39. The molecule has 0 bridgehead atoms. The van der Waals surface area contributed by atoms with E-state index in [1.165, 1.54) is 79.3 Å². The average molecular weight is 368 g/mol. The van der Waals surface area contributed by atoms with Crippen LogP contribution in [-0.2, 0) is 0 Å². The molecule has 28 heavy (non-hydrogen) atoms. The first kappa shape index (κ1) is 17.1. The molecule has 0 heterocycles. The van der Waals surface area contributed by atoms with Gasteiger partial charge in [-0.25, -0.2) is 0 Å². The monoisotopic (exact) mass is 367 g/mol. The molecule has 3 aliphatic rings. The summed E-state index contributed by atoms with van der Waals surface area (Å²) in [5, 5.41) is 5.65. The van der Waals surface area contributed by atoms with E-state index in [9.17, 15) is 0 Å². The fraction of sp³-hybridized carbons (Fsp3) is 0.464. The molecular formula is C28H31. The van der Waals surface area contributed by atoms with Crippen molar-refractivity contribution in [2.45, 2.75) is 57.8 Å². The van der Waals surface area contributed by atoms with Gasteiger partial charge in [-0.15, -0.1) is 0 Å². The van der Waals surface area contributed by atoms with E-state index < -0.39 is 0 Å². The summed E-state index contributed by atoms with van der Waals surface area (Å²) in [5.74, 6) is 5.68. The number of hydrogen-bond acceptors (Lipinski definition) is 0. The average Bonchev–Trinajstić information content (AvgIpc) is 2.75. The molecule has 3 aromatic carbocycles. The maximum atomic E-state index is 2.46. The van der Waals surface area contributed by atoms with Gasteiger partial charge < -0.3 is 0 Å². The van der Waals surface area contributed by atoms with E-state index in [0.29, 0.717) is 0 Å². The van der Waals surface area contributed by atoms with Crippen LogP contribution in [0.15, 0.2) is 54.6 Å². The van der Waals surface area contributed by atoms with E-state index in [-0.39, 0.29) is 0 Å². The molecule has 6 rings (SSSR count). The molecule has 0 nitrogen and oxygen atoms in total. The van der Waals surface area contributed by atoms with Gasteiger partial charge in [0, 0.05) is 5.92 Å². The minimum absolute atomic E-state index is 0.852. The summed E-state index contributed by atoms with van der Waals surface area (Å²) >= 11 is 0. The van der Waals surface area contributed by atoms with Gasteiger partial charge >= 0.3 is 0 Å². The maximum Gasteiger partial charge on any atom is 0.00898 e. The zero-order valence-electron chi connectivity index (χ0n) is 16.9. The third-order valence-corrected chi connectivity index (χ3v) is 8.36. The van der Waals surface area contributed by atoms with Crippen molar-refractivity contribution in [1.82, 2.24) is 0 Å². The van der Waals surface area contributed by atoms with Crippen LogP contribution in [0.5, 0.6) is 0 Å². The Morgan fingerprint density at radius 2 is 1.32 bits per heavy atom. The first-order valence-corrected chi connectivity index (χ1v) is 11.6. The van der Waals surface area contributed by atoms with Gasteiger partial charge in [-0.2, -0.15) is 0 Å². The normalized spacial score (nSPS) is 30.9. The van der Waals surface area contributed by atoms with Gasteiger partial charge in [0.15, 0.2) is 0 Å². The van der Waals surface area contributed by atoms with Crippen LogP contribution in [-0.4, -0.2) is 0 Å². The van der Waals surface area contributed by atoms with Gasteiger partial charge in [0.2, 0.25) is 0 Å². The highest BCUT2D eigenvalue weighted by atomic mass is 14.5. The van der Waals surface area contributed by atoms with Crippen LogP contribution in [0.4, 0.5) is 0 Å². The Bertz CT molecular complexity index is 999. The summed E-state index contributed by atoms with van der Waals surface area (Å²) in [6.07, 6.45) is 13.2. The zero-order valence-corrected chi connectivity index (χ0v) is 16.9. The van der Waals surface area contributed by atoms with E-state index in [1.54, 1.807) is 11.5 Å². The topological polar surface area (TPSA) is 0 Å². The Kier molecular flexibility index (Phi) is 4.21. The molecule has 0 N–H and O–H groups in total. The molecule has 0 amide bonds. The predicted molar refractivity (Wildman–Crippen MR) is 119 cm³/mol. The van der Waals surface area contributed by atoms with Crippen molar-refractivity contribution in [3.8, 4) is 0 Å². The summed E-state index contributed by atoms with van der Waals surface area (Å²) in [7, 11) is 0. The van der Waals surface area contributed by atoms with Gasteiger partial charge in [-0.05, 0) is 82.2 Å². The van der Waals surface area contributed by atoms with Crippen molar-refractivity contribution in [3.05, 3.63) is 66.1 Å². The summed E-state index contributed by atoms with van der Waals surface area (Å²) in [6.45, 7) is 0. The van der Waals surface area contributed by atoms with Crippen molar-refractivity contribution in [2.75, 3.05) is 0 Å². The van der Waals surface area contributed by atoms with Gasteiger partial charge in [-0.3, -0.25) is 0 Å². The molecule has 0 heteroatoms. The highest BCUT2D eigenvalue weighted by Gasteiger charge is 2.43. The molecule has 0 aliphatic heterocycles. The molecule has 3 fully saturated rings. The third kappa shape index (κ3) is 2.79. The van der Waals surface area contributed by atoms with Crippen LogP contribution < -0.4 is 0 Å². The minimum atomic E-state index is 0.852. The highest BCUT2D eigenvalue weighted by Crippen LogP contribution is 2.54. The molecule has 3 aromatic rings. The second-order valence-electron chi connectivity index (χ2n) is 9.79. The SMILES string of the molecule is c1ccc2cc3c([C]4CCCC5CC6CCCCC6CC45)cccc3cc2c1. The fourth-order valence-corrected chi connectivity index (χ4v) is 7.04. The lowest BCUT2D eigenvalue weighted by atomic mass is 9.56. The van der Waals surface area contributed by atoms with Crippen molar-refractivity contribution in [3.63, 3.8) is 0 Å². The zero-order chi connectivity index (χ0) is 18.5. The van der Waals surface area contributed by atoms with Crippen LogP contribution in [0.25, 0.3) is 21.5 Å². The molecule has 3 saturated carbocycles. The Morgan fingerprint density at radius 1 is 0.607 bits per heavy atom. The van der Waals surface area contributed by atoms with E-state index in [4.69, 9.17) is 0 Å². The first-order valence-electron chi connectivity index (χ1n) is 11.6. The van der Waals surface area contributed by atoms with E-state index in [0.717, 1.165) is 23.7 Å². The lowest BCUT2D eigenvalue weighted by Gasteiger charge is -2.49. The molecule has 0 spiro atoms. The smallest absolute Gasteiger partial charge is 0.00898 e. The third-order valence-electron chi connectivity index (χ3n) is 8.36. The Hall–Kier alpha value is -1.82. The summed E-state index contributed by atoms with van der Waals surface area (Å²) in [5.41, 5.74) is 1.58. The van der Waals surface area contributed by atoms with Crippen molar-refractivity contribution < 1.29 is 0 Å². The van der Waals surface area contributed by atoms with Gasteiger partial charge in [-0.1, -0.05) is 81.0 Å². The lowest BCUT2D eigenvalue weighted by molar-refractivity contribution is 0.0667. The minimum Gasteiger partial charge on any atom is -0.0616 e. The molecule has 4 unspecified atom stereocenters. The number of fused-ring (bicyclic) bond motifs is 4. The Morgan fingerprint density at radius 3 is 2.18 bits per heavy atom. The van der Waals surface area contributed by atoms with Gasteiger partial charge in [0.25, 0.3) is 0 Å². The van der Waals surface area contributed by atoms with Crippen LogP contribution in [0.3, 0.4) is 0 Å². The number of benzene rings is 3. The number of hydrogen-bond donors (Lipinski definition) is 0. The number of rotatable bonds is 1. The molecular weight excluding hydrogens is 336 g/mol. The molecule has 1 radical (unpaired) electrons. The van der Waals surface area contributed by atoms with Gasteiger partial charge in [0.1, 0.15) is 0 Å². The Balaban J connectivity index is 1.42. The van der Waals surface area contributed by atoms with Crippen LogP contribution >= 0.6 is 0 Å². The second-order valence-corrected chi connectivity index (χ2v) is 9.79. The highest BCUT2D eigenvalue weighted by molar-refractivity contribution is 6.00. The van der Waals surface area contributed by atoms with Gasteiger partial charge in [0.05, 0.1) is 0 Å². The van der Waals surface area contributed by atoms with Crippen molar-refractivity contribution in [2.24, 2.45) is 23.7 Å². The molecule has 0 aromatic heterocycles. The standard InChI is InChI=1S/C28H31/c1-3-9-21-17-27-23(15-19(21)7-1)11-5-13-25(27)26-14-6-12-24-16-20-8-2-4-10-22(20)18-28(24)26/h1,3,5,7,9,11,13,15,17,20,22,24,28H,2,4,6,8,10,12,14,16,18H2. The fourth-order valence-electron chi connectivity index (χ4n) is 7.04.